The van der Waals surface area contributed by atoms with Gasteiger partial charge >= 0.3 is 0 Å². The van der Waals surface area contributed by atoms with Crippen LogP contribution >= 0.6 is 0 Å². The summed E-state index contributed by atoms with van der Waals surface area (Å²) in [5.74, 6) is -11.7. The number of rotatable bonds is 30. The molecule has 0 aromatic carbocycles. The maximum absolute atomic E-state index is 14.5. The normalized spacial score (nSPS) is 23.5. The summed E-state index contributed by atoms with van der Waals surface area (Å²) in [6.45, 7) is 11.0. The molecule has 20 N–H and O–H groups in total. The van der Waals surface area contributed by atoms with E-state index in [0.717, 1.165) is 19.3 Å². The summed E-state index contributed by atoms with van der Waals surface area (Å²) >= 11 is 0. The number of hydrogen-bond donors (Lipinski definition) is 15. The molecule has 1 fully saturated rings. The predicted molar refractivity (Wildman–Crippen MR) is 300 cm³/mol. The number of carbonyl (C=O) groups is 11. The summed E-state index contributed by atoms with van der Waals surface area (Å²) < 4.78 is 0. The maximum Gasteiger partial charge on any atom is 0.245 e. The van der Waals surface area contributed by atoms with E-state index in [9.17, 15) is 63.0 Å². The third kappa shape index (κ3) is 26.8. The fourth-order valence-electron chi connectivity index (χ4n) is 9.36. The Balaban J connectivity index is 3.85. The second kappa shape index (κ2) is 39.0. The van der Waals surface area contributed by atoms with Crippen LogP contribution in [-0.4, -0.2) is 169 Å². The number of nitrogens with one attached hydrogen (secondary N) is 8. The Hall–Kier alpha value is -5.51. The zero-order chi connectivity index (χ0) is 60.6. The number of hydrogen-bond acceptors (Lipinski definition) is 18. The predicted octanol–water partition coefficient (Wildman–Crippen LogP) is -2.81. The molecule has 1 rings (SSSR count). The second-order valence-corrected chi connectivity index (χ2v) is 22.0. The molecule has 0 unspecified atom stereocenters. The van der Waals surface area contributed by atoms with Crippen LogP contribution in [0.4, 0.5) is 0 Å². The molecule has 1 heterocycles. The van der Waals surface area contributed by atoms with Gasteiger partial charge in [0.15, 0.2) is 11.6 Å². The van der Waals surface area contributed by atoms with Crippen LogP contribution in [0.1, 0.15) is 151 Å². The Morgan fingerprint density at radius 2 is 1.10 bits per heavy atom. The van der Waals surface area contributed by atoms with Gasteiger partial charge in [-0.2, -0.15) is 0 Å². The van der Waals surface area contributed by atoms with Gasteiger partial charge in [-0.25, -0.2) is 0 Å². The van der Waals surface area contributed by atoms with Crippen molar-refractivity contribution in [1.82, 2.24) is 42.5 Å². The van der Waals surface area contributed by atoms with E-state index in [1.54, 1.807) is 0 Å². The van der Waals surface area contributed by atoms with Gasteiger partial charge in [-0.1, -0.05) is 53.9 Å². The molecule has 1 aliphatic heterocycles. The van der Waals surface area contributed by atoms with Crippen molar-refractivity contribution in [3.63, 3.8) is 0 Å². The molecule has 0 aromatic rings. The van der Waals surface area contributed by atoms with Crippen molar-refractivity contribution in [3.8, 4) is 0 Å². The summed E-state index contributed by atoms with van der Waals surface area (Å²) in [5.41, 5.74) is 29.3. The van der Waals surface area contributed by atoms with Crippen molar-refractivity contribution in [2.24, 2.45) is 58.3 Å². The van der Waals surface area contributed by atoms with E-state index in [-0.39, 0.29) is 108 Å². The van der Waals surface area contributed by atoms with Gasteiger partial charge in [0, 0.05) is 50.0 Å². The number of aliphatic hydroxyl groups excluding tert-OH is 2. The molecule has 8 amide bonds. The molecule has 0 aromatic heterocycles. The molecule has 1 saturated heterocycles. The number of aliphatic hydroxyl groups is 2. The van der Waals surface area contributed by atoms with Crippen LogP contribution in [0.2, 0.25) is 0 Å². The molecule has 0 radical (unpaired) electrons. The van der Waals surface area contributed by atoms with Gasteiger partial charge < -0.3 is 81.4 Å². The number of amides is 8. The Labute approximate surface area is 472 Å². The van der Waals surface area contributed by atoms with E-state index in [0.29, 0.717) is 6.42 Å². The smallest absolute Gasteiger partial charge is 0.245 e. The average Bonchev–Trinajstić information content (AvgIpc) is 3.38. The number of unbranched alkanes of at least 4 members (excludes halogenated alkanes) is 3. The van der Waals surface area contributed by atoms with Gasteiger partial charge in [0.25, 0.3) is 0 Å². The molecule has 26 nitrogen and oxygen atoms in total. The zero-order valence-corrected chi connectivity index (χ0v) is 48.4. The molecule has 0 spiro atoms. The van der Waals surface area contributed by atoms with Gasteiger partial charge in [-0.15, -0.1) is 0 Å². The van der Waals surface area contributed by atoms with Crippen LogP contribution in [0.15, 0.2) is 0 Å². The van der Waals surface area contributed by atoms with Crippen LogP contribution < -0.4 is 71.2 Å². The summed E-state index contributed by atoms with van der Waals surface area (Å²) in [5, 5.41) is 42.2. The molecule has 0 bridgehead atoms. The van der Waals surface area contributed by atoms with Gasteiger partial charge in [-0.05, 0) is 116 Å². The van der Waals surface area contributed by atoms with Gasteiger partial charge in [0.05, 0.1) is 18.2 Å². The molecule has 26 heteroatoms. The summed E-state index contributed by atoms with van der Waals surface area (Å²) in [7, 11) is 0. The number of carbonyl (C=O) groups excluding carboxylic acids is 11. The SMILES string of the molecule is CCCCCCC(=O)C[C@@H](CCN)C(=O)N[C@H](C(=O)C[C@@H](CCN)C(=O)N[C@H]1CCNC(=O)[C@H]([C@@H](C)O)NC(=O)[C@H](CCN)NC(=O)[C@H](CCN)NC(=O)[C@H](CC(C)C)NC(=O)[C@@H](CC(C)C)CC(=O)[C@H](CCN)NC1=O)[C@@H](C)O. The van der Waals surface area contributed by atoms with Crippen molar-refractivity contribution in [2.45, 2.75) is 206 Å². The minimum atomic E-state index is -1.66. The summed E-state index contributed by atoms with van der Waals surface area (Å²) in [6, 6.07) is -10.0. The second-order valence-electron chi connectivity index (χ2n) is 22.0. The van der Waals surface area contributed by atoms with Crippen LogP contribution in [-0.2, 0) is 52.7 Å². The quantitative estimate of drug-likeness (QED) is 0.0323. The maximum atomic E-state index is 14.5. The number of ketones is 3. The molecule has 12 atom stereocenters. The third-order valence-corrected chi connectivity index (χ3v) is 13.8. The number of Topliss-reactive ketones (excluding diaryl/α,β-unsaturated/α-hetero) is 3. The van der Waals surface area contributed by atoms with Gasteiger partial charge in [-0.3, -0.25) is 52.7 Å². The molecular weight excluding hydrogens is 1040 g/mol. The first kappa shape index (κ1) is 72.5. The highest BCUT2D eigenvalue weighted by atomic mass is 16.3. The van der Waals surface area contributed by atoms with E-state index in [4.69, 9.17) is 28.7 Å². The Kier molecular flexibility index (Phi) is 35.4. The van der Waals surface area contributed by atoms with E-state index < -0.39 is 157 Å². The van der Waals surface area contributed by atoms with Crippen LogP contribution in [0.3, 0.4) is 0 Å². The topological polar surface area (TPSA) is 455 Å². The molecule has 80 heavy (non-hydrogen) atoms. The lowest BCUT2D eigenvalue weighted by Gasteiger charge is -2.28. The van der Waals surface area contributed by atoms with Gasteiger partial charge in [0.1, 0.15) is 42.0 Å². The minimum Gasteiger partial charge on any atom is -0.391 e. The van der Waals surface area contributed by atoms with E-state index in [2.05, 4.69) is 42.5 Å². The van der Waals surface area contributed by atoms with Crippen molar-refractivity contribution >= 4 is 64.6 Å². The minimum absolute atomic E-state index is 0.0631. The molecule has 1 aliphatic rings. The van der Waals surface area contributed by atoms with Crippen LogP contribution in [0.25, 0.3) is 0 Å². The lowest BCUT2D eigenvalue weighted by Crippen LogP contribution is -2.60. The van der Waals surface area contributed by atoms with Crippen LogP contribution in [0.5, 0.6) is 0 Å². The third-order valence-electron chi connectivity index (χ3n) is 13.8. The van der Waals surface area contributed by atoms with E-state index in [1.165, 1.54) is 13.8 Å². The Bertz CT molecular complexity index is 2010. The van der Waals surface area contributed by atoms with Crippen molar-refractivity contribution in [1.29, 1.82) is 0 Å². The highest BCUT2D eigenvalue weighted by Gasteiger charge is 2.38. The number of nitrogens with two attached hydrogens (primary N) is 5. The first-order valence-electron chi connectivity index (χ1n) is 28.6. The molecule has 0 saturated carbocycles. The fourth-order valence-corrected chi connectivity index (χ4v) is 9.36. The molecular formula is C54H99N13O13. The highest BCUT2D eigenvalue weighted by Crippen LogP contribution is 2.21. The standard InChI is InChI=1S/C54H99N13O13/c1-8-9-10-11-12-37(70)27-34(13-19-55)48(74)66-45(32(6)68)44(72)28-35(14-20-56)47(73)62-41-18-24-60-54(80)46(33(7)69)67-52(78)40(17-23-59)63-50(76)39(16-22-58)64-53(79)42(26-31(4)5)65-49(75)36(25-30(2)3)29-43(71)38(15-21-57)61-51(41)77/h30-36,38-42,45-46,68-69H,8-29,55-59H2,1-7H3,(H,60,80)(H,61,77)(H,62,73)(H,63,76)(H,64,79)(H,65,75)(H,66,74)(H,67,78)/t32-,33-,34-,35-,36+,38+,39+,40+,41+,42+,45+,46+/m1/s1. The highest BCUT2D eigenvalue weighted by molar-refractivity contribution is 5.99. The fraction of sp³-hybridized carbons (Fsp3) is 0.796. The lowest BCUT2D eigenvalue weighted by molar-refractivity contribution is -0.137. The van der Waals surface area contributed by atoms with Gasteiger partial charge in [0.2, 0.25) is 47.3 Å². The lowest BCUT2D eigenvalue weighted by atomic mass is 9.88. The molecule has 458 valence electrons. The van der Waals surface area contributed by atoms with Crippen LogP contribution in [0, 0.1) is 29.6 Å². The Morgan fingerprint density at radius 3 is 1.61 bits per heavy atom. The van der Waals surface area contributed by atoms with E-state index >= 15 is 0 Å². The first-order valence-corrected chi connectivity index (χ1v) is 28.6. The first-order chi connectivity index (χ1) is 37.8. The van der Waals surface area contributed by atoms with E-state index in [1.807, 2.05) is 34.6 Å². The Morgan fingerprint density at radius 1 is 0.588 bits per heavy atom. The van der Waals surface area contributed by atoms with Crippen molar-refractivity contribution in [2.75, 3.05) is 39.3 Å². The van der Waals surface area contributed by atoms with Crippen molar-refractivity contribution in [3.05, 3.63) is 0 Å². The largest absolute Gasteiger partial charge is 0.391 e. The average molecular weight is 1140 g/mol. The van der Waals surface area contributed by atoms with Crippen molar-refractivity contribution < 1.29 is 63.0 Å². The molecule has 0 aliphatic carbocycles. The summed E-state index contributed by atoms with van der Waals surface area (Å²) in [4.78, 5) is 153. The monoisotopic (exact) mass is 1140 g/mol. The summed E-state index contributed by atoms with van der Waals surface area (Å²) in [6.07, 6.45) is -0.924. The zero-order valence-electron chi connectivity index (χ0n) is 48.4.